The number of hydrogen-bond acceptors (Lipinski definition) is 5. The third kappa shape index (κ3) is 2.53. The maximum absolute atomic E-state index is 13.7. The molecule has 1 heterocycles. The van der Waals surface area contributed by atoms with Crippen LogP contribution in [0.1, 0.15) is 16.8 Å². The summed E-state index contributed by atoms with van der Waals surface area (Å²) in [6.45, 7) is 1.18. The minimum absolute atomic E-state index is 0.0496. The average Bonchev–Trinajstić information content (AvgIpc) is 2.84. The van der Waals surface area contributed by atoms with Crippen LogP contribution in [0.5, 0.6) is 0 Å². The zero-order valence-corrected chi connectivity index (χ0v) is 10.0. The molecule has 1 fully saturated rings. The molecule has 1 atom stereocenters. The molecule has 0 aromatic heterocycles. The SMILES string of the molecule is COC(=O)c1cc(NC2CCOC2)c(F)cc1N. The van der Waals surface area contributed by atoms with Gasteiger partial charge in [-0.1, -0.05) is 0 Å². The van der Waals surface area contributed by atoms with E-state index < -0.39 is 11.8 Å². The first-order chi connectivity index (χ1) is 8.61. The maximum atomic E-state index is 13.7. The third-order valence-electron chi connectivity index (χ3n) is 2.83. The fourth-order valence-electron chi connectivity index (χ4n) is 1.85. The van der Waals surface area contributed by atoms with Gasteiger partial charge in [0, 0.05) is 12.3 Å². The van der Waals surface area contributed by atoms with Crippen LogP contribution < -0.4 is 11.1 Å². The third-order valence-corrected chi connectivity index (χ3v) is 2.83. The van der Waals surface area contributed by atoms with Crippen molar-refractivity contribution >= 4 is 17.3 Å². The van der Waals surface area contributed by atoms with Crippen molar-refractivity contribution in [1.29, 1.82) is 0 Å². The fraction of sp³-hybridized carbons (Fsp3) is 0.417. The summed E-state index contributed by atoms with van der Waals surface area (Å²) < 4.78 is 23.5. The van der Waals surface area contributed by atoms with Crippen LogP contribution in [-0.4, -0.2) is 32.3 Å². The summed E-state index contributed by atoms with van der Waals surface area (Å²) in [6, 6.07) is 2.53. The first kappa shape index (κ1) is 12.6. The standard InChI is InChI=1S/C12H15FN2O3/c1-17-12(16)8-4-11(9(13)5-10(8)14)15-7-2-3-18-6-7/h4-5,7,15H,2-3,6,14H2,1H3. The molecule has 18 heavy (non-hydrogen) atoms. The van der Waals surface area contributed by atoms with Crippen LogP contribution >= 0.6 is 0 Å². The monoisotopic (exact) mass is 254 g/mol. The van der Waals surface area contributed by atoms with Crippen molar-refractivity contribution in [3.8, 4) is 0 Å². The zero-order chi connectivity index (χ0) is 13.1. The van der Waals surface area contributed by atoms with Crippen LogP contribution in [0.4, 0.5) is 15.8 Å². The predicted molar refractivity (Wildman–Crippen MR) is 65.0 cm³/mol. The minimum Gasteiger partial charge on any atom is -0.465 e. The van der Waals surface area contributed by atoms with Crippen LogP contribution in [0.3, 0.4) is 0 Å². The summed E-state index contributed by atoms with van der Waals surface area (Å²) in [5.74, 6) is -1.08. The molecule has 2 rings (SSSR count). The molecule has 1 aromatic rings. The molecule has 0 bridgehead atoms. The maximum Gasteiger partial charge on any atom is 0.340 e. The van der Waals surface area contributed by atoms with Gasteiger partial charge in [-0.25, -0.2) is 9.18 Å². The van der Waals surface area contributed by atoms with Crippen molar-refractivity contribution in [2.24, 2.45) is 0 Å². The van der Waals surface area contributed by atoms with E-state index in [1.54, 1.807) is 0 Å². The van der Waals surface area contributed by atoms with E-state index in [2.05, 4.69) is 10.1 Å². The van der Waals surface area contributed by atoms with E-state index in [-0.39, 0.29) is 23.0 Å². The van der Waals surface area contributed by atoms with Crippen LogP contribution in [0, 0.1) is 5.82 Å². The molecule has 5 nitrogen and oxygen atoms in total. The van der Waals surface area contributed by atoms with Crippen LogP contribution in [0.25, 0.3) is 0 Å². The van der Waals surface area contributed by atoms with Gasteiger partial charge in [-0.05, 0) is 18.6 Å². The lowest BCUT2D eigenvalue weighted by molar-refractivity contribution is 0.0602. The van der Waals surface area contributed by atoms with Gasteiger partial charge in [0.05, 0.1) is 31.0 Å². The number of anilines is 2. The Morgan fingerprint density at radius 3 is 3.00 bits per heavy atom. The summed E-state index contributed by atoms with van der Waals surface area (Å²) in [4.78, 5) is 11.5. The molecule has 98 valence electrons. The van der Waals surface area contributed by atoms with Crippen molar-refractivity contribution < 1.29 is 18.7 Å². The Morgan fingerprint density at radius 1 is 1.61 bits per heavy atom. The second-order valence-corrected chi connectivity index (χ2v) is 4.12. The molecule has 0 amide bonds. The van der Waals surface area contributed by atoms with E-state index in [4.69, 9.17) is 10.5 Å². The van der Waals surface area contributed by atoms with E-state index in [1.165, 1.54) is 13.2 Å². The number of halogens is 1. The first-order valence-corrected chi connectivity index (χ1v) is 5.63. The zero-order valence-electron chi connectivity index (χ0n) is 10.0. The molecule has 1 aromatic carbocycles. The van der Waals surface area contributed by atoms with Gasteiger partial charge in [0.25, 0.3) is 0 Å². The number of carbonyl (C=O) groups is 1. The molecule has 3 N–H and O–H groups in total. The van der Waals surface area contributed by atoms with Crippen LogP contribution in [0.2, 0.25) is 0 Å². The quantitative estimate of drug-likeness (QED) is 0.630. The second kappa shape index (κ2) is 5.22. The molecule has 1 saturated heterocycles. The molecule has 1 unspecified atom stereocenters. The molecular formula is C12H15FN2O3. The number of nitrogens with two attached hydrogens (primary N) is 1. The Bertz CT molecular complexity index is 459. The number of rotatable bonds is 3. The number of benzene rings is 1. The van der Waals surface area contributed by atoms with E-state index in [1.807, 2.05) is 0 Å². The lowest BCUT2D eigenvalue weighted by Gasteiger charge is -2.14. The van der Waals surface area contributed by atoms with Gasteiger partial charge < -0.3 is 20.5 Å². The molecule has 1 aliphatic heterocycles. The van der Waals surface area contributed by atoms with Gasteiger partial charge in [-0.15, -0.1) is 0 Å². The number of nitrogen functional groups attached to an aromatic ring is 1. The lowest BCUT2D eigenvalue weighted by atomic mass is 10.1. The predicted octanol–water partition coefficient (Wildman–Crippen LogP) is 1.40. The largest absolute Gasteiger partial charge is 0.465 e. The molecule has 1 aliphatic rings. The fourth-order valence-corrected chi connectivity index (χ4v) is 1.85. The van der Waals surface area contributed by atoms with Crippen molar-refractivity contribution in [3.63, 3.8) is 0 Å². The summed E-state index contributed by atoms with van der Waals surface area (Å²) >= 11 is 0. The van der Waals surface area contributed by atoms with Crippen molar-refractivity contribution in [2.45, 2.75) is 12.5 Å². The number of hydrogen-bond donors (Lipinski definition) is 2. The molecule has 6 heteroatoms. The van der Waals surface area contributed by atoms with Crippen LogP contribution in [-0.2, 0) is 9.47 Å². The van der Waals surface area contributed by atoms with Gasteiger partial charge >= 0.3 is 5.97 Å². The van der Waals surface area contributed by atoms with Crippen LogP contribution in [0.15, 0.2) is 12.1 Å². The van der Waals surface area contributed by atoms with Crippen molar-refractivity contribution in [3.05, 3.63) is 23.5 Å². The highest BCUT2D eigenvalue weighted by molar-refractivity contribution is 5.96. The highest BCUT2D eigenvalue weighted by Gasteiger charge is 2.19. The van der Waals surface area contributed by atoms with Gasteiger partial charge in [0.15, 0.2) is 0 Å². The molecule has 0 radical (unpaired) electrons. The number of methoxy groups -OCH3 is 1. The normalized spacial score (nSPS) is 18.7. The Morgan fingerprint density at radius 2 is 2.39 bits per heavy atom. The Balaban J connectivity index is 2.25. The topological polar surface area (TPSA) is 73.6 Å². The first-order valence-electron chi connectivity index (χ1n) is 5.63. The molecular weight excluding hydrogens is 239 g/mol. The van der Waals surface area contributed by atoms with E-state index in [0.717, 1.165) is 12.5 Å². The number of ether oxygens (including phenoxy) is 2. The average molecular weight is 254 g/mol. The number of esters is 1. The minimum atomic E-state index is -0.585. The number of nitrogens with one attached hydrogen (secondary N) is 1. The van der Waals surface area contributed by atoms with Gasteiger partial charge in [-0.2, -0.15) is 0 Å². The molecule has 0 spiro atoms. The molecule has 0 aliphatic carbocycles. The lowest BCUT2D eigenvalue weighted by Crippen LogP contribution is -2.20. The summed E-state index contributed by atoms with van der Waals surface area (Å²) in [5.41, 5.74) is 6.03. The summed E-state index contributed by atoms with van der Waals surface area (Å²) in [7, 11) is 1.25. The highest BCUT2D eigenvalue weighted by Crippen LogP contribution is 2.24. The Kier molecular flexibility index (Phi) is 3.66. The van der Waals surface area contributed by atoms with E-state index in [0.29, 0.717) is 13.2 Å². The Labute approximate surface area is 104 Å². The van der Waals surface area contributed by atoms with Gasteiger partial charge in [0.1, 0.15) is 5.82 Å². The van der Waals surface area contributed by atoms with Gasteiger partial charge in [-0.3, -0.25) is 0 Å². The van der Waals surface area contributed by atoms with Gasteiger partial charge in [0.2, 0.25) is 0 Å². The highest BCUT2D eigenvalue weighted by atomic mass is 19.1. The summed E-state index contributed by atoms with van der Waals surface area (Å²) in [5, 5.41) is 2.99. The smallest absolute Gasteiger partial charge is 0.340 e. The summed E-state index contributed by atoms with van der Waals surface area (Å²) in [6.07, 6.45) is 0.803. The van der Waals surface area contributed by atoms with Crippen molar-refractivity contribution in [2.75, 3.05) is 31.4 Å². The second-order valence-electron chi connectivity index (χ2n) is 4.12. The van der Waals surface area contributed by atoms with Crippen molar-refractivity contribution in [1.82, 2.24) is 0 Å². The van der Waals surface area contributed by atoms with E-state index in [9.17, 15) is 9.18 Å². The Hall–Kier alpha value is -1.82. The van der Waals surface area contributed by atoms with E-state index >= 15 is 0 Å². The number of carbonyl (C=O) groups excluding carboxylic acids is 1. The molecule has 0 saturated carbocycles.